The number of benzene rings is 1. The van der Waals surface area contributed by atoms with Crippen molar-refractivity contribution in [3.63, 3.8) is 0 Å². The zero-order chi connectivity index (χ0) is 9.26. The van der Waals surface area contributed by atoms with Crippen LogP contribution in [0.15, 0.2) is 39.5 Å². The van der Waals surface area contributed by atoms with Crippen molar-refractivity contribution >= 4 is 27.5 Å². The lowest BCUT2D eigenvalue weighted by Crippen LogP contribution is -1.77. The van der Waals surface area contributed by atoms with E-state index >= 15 is 0 Å². The summed E-state index contributed by atoms with van der Waals surface area (Å²) in [5, 5.41) is 0.636. The topological polar surface area (TPSA) is 26.0 Å². The highest BCUT2D eigenvalue weighted by molar-refractivity contribution is 9.10. The Morgan fingerprint density at radius 2 is 2.08 bits per heavy atom. The number of aromatic nitrogens is 1. The molecule has 66 valence electrons. The Labute approximate surface area is 88.7 Å². The van der Waals surface area contributed by atoms with E-state index in [0.29, 0.717) is 15.6 Å². The largest absolute Gasteiger partial charge is 0.429 e. The van der Waals surface area contributed by atoms with Crippen LogP contribution < -0.4 is 0 Å². The average molecular weight is 259 g/mol. The van der Waals surface area contributed by atoms with Crippen molar-refractivity contribution in [3.05, 3.63) is 40.2 Å². The Kier molecular flexibility index (Phi) is 2.38. The van der Waals surface area contributed by atoms with Gasteiger partial charge < -0.3 is 4.42 Å². The van der Waals surface area contributed by atoms with E-state index < -0.39 is 0 Å². The van der Waals surface area contributed by atoms with Crippen LogP contribution in [0.5, 0.6) is 0 Å². The smallest absolute Gasteiger partial charge is 0.229 e. The molecule has 4 heteroatoms. The van der Waals surface area contributed by atoms with E-state index in [1.807, 2.05) is 18.2 Å². The molecule has 0 saturated heterocycles. The SMILES string of the molecule is Clc1ccccc1-c1ncc(Br)o1. The van der Waals surface area contributed by atoms with E-state index in [4.69, 9.17) is 16.0 Å². The van der Waals surface area contributed by atoms with Crippen molar-refractivity contribution in [2.75, 3.05) is 0 Å². The zero-order valence-electron chi connectivity index (χ0n) is 6.50. The molecule has 1 heterocycles. The third kappa shape index (κ3) is 1.76. The fraction of sp³-hybridized carbons (Fsp3) is 0. The van der Waals surface area contributed by atoms with Gasteiger partial charge in [0.1, 0.15) is 0 Å². The molecule has 2 rings (SSSR count). The van der Waals surface area contributed by atoms with Gasteiger partial charge in [-0.15, -0.1) is 0 Å². The second-order valence-electron chi connectivity index (χ2n) is 2.45. The first-order valence-corrected chi connectivity index (χ1v) is 4.81. The summed E-state index contributed by atoms with van der Waals surface area (Å²) in [6, 6.07) is 7.42. The monoisotopic (exact) mass is 257 g/mol. The second-order valence-corrected chi connectivity index (χ2v) is 3.64. The van der Waals surface area contributed by atoms with Crippen molar-refractivity contribution in [1.29, 1.82) is 0 Å². The maximum absolute atomic E-state index is 5.95. The number of oxazole rings is 1. The molecule has 0 N–H and O–H groups in total. The molecule has 1 aromatic heterocycles. The summed E-state index contributed by atoms with van der Waals surface area (Å²) in [5.74, 6) is 0.525. The molecule has 0 aliphatic carbocycles. The minimum absolute atomic E-state index is 0.525. The van der Waals surface area contributed by atoms with Gasteiger partial charge in [-0.05, 0) is 28.1 Å². The summed E-state index contributed by atoms with van der Waals surface area (Å²) in [6.07, 6.45) is 1.60. The number of nitrogens with zero attached hydrogens (tertiary/aromatic N) is 1. The summed E-state index contributed by atoms with van der Waals surface area (Å²) < 4.78 is 5.87. The van der Waals surface area contributed by atoms with E-state index in [-0.39, 0.29) is 0 Å². The van der Waals surface area contributed by atoms with Gasteiger partial charge in [-0.25, -0.2) is 4.98 Å². The molecule has 0 saturated carbocycles. The standard InChI is InChI=1S/C9H5BrClNO/c10-8-5-12-9(13-8)6-3-1-2-4-7(6)11/h1-5H. The molecule has 0 aliphatic heterocycles. The van der Waals surface area contributed by atoms with Crippen LogP contribution in [0.2, 0.25) is 5.02 Å². The van der Waals surface area contributed by atoms with E-state index in [2.05, 4.69) is 20.9 Å². The molecular weight excluding hydrogens is 253 g/mol. The lowest BCUT2D eigenvalue weighted by Gasteiger charge is -1.96. The first kappa shape index (κ1) is 8.78. The number of rotatable bonds is 1. The molecule has 0 radical (unpaired) electrons. The Hall–Kier alpha value is -0.800. The maximum atomic E-state index is 5.95. The molecule has 0 unspecified atom stereocenters. The van der Waals surface area contributed by atoms with Crippen LogP contribution in [0.1, 0.15) is 0 Å². The van der Waals surface area contributed by atoms with Crippen molar-refractivity contribution < 1.29 is 4.42 Å². The third-order valence-corrected chi connectivity index (χ3v) is 2.28. The predicted octanol–water partition coefficient (Wildman–Crippen LogP) is 3.76. The Balaban J connectivity index is 2.52. The minimum Gasteiger partial charge on any atom is -0.429 e. The van der Waals surface area contributed by atoms with Crippen LogP contribution in [-0.4, -0.2) is 4.98 Å². The summed E-state index contributed by atoms with van der Waals surface area (Å²) in [6.45, 7) is 0. The molecule has 0 aliphatic rings. The van der Waals surface area contributed by atoms with Crippen LogP contribution >= 0.6 is 27.5 Å². The Morgan fingerprint density at radius 3 is 2.69 bits per heavy atom. The average Bonchev–Trinajstić information content (AvgIpc) is 2.53. The van der Waals surface area contributed by atoms with Gasteiger partial charge in [-0.1, -0.05) is 23.7 Å². The van der Waals surface area contributed by atoms with Crippen molar-refractivity contribution in [1.82, 2.24) is 4.98 Å². The highest BCUT2D eigenvalue weighted by Crippen LogP contribution is 2.28. The van der Waals surface area contributed by atoms with Crippen LogP contribution in [0, 0.1) is 0 Å². The van der Waals surface area contributed by atoms with Gasteiger partial charge >= 0.3 is 0 Å². The fourth-order valence-corrected chi connectivity index (χ4v) is 1.49. The first-order valence-electron chi connectivity index (χ1n) is 3.63. The minimum atomic E-state index is 0.525. The lowest BCUT2D eigenvalue weighted by molar-refractivity contribution is 0.549. The quantitative estimate of drug-likeness (QED) is 0.778. The molecule has 0 fully saturated rings. The van der Waals surface area contributed by atoms with Gasteiger partial charge in [0.05, 0.1) is 16.8 Å². The van der Waals surface area contributed by atoms with Crippen LogP contribution in [0.4, 0.5) is 0 Å². The van der Waals surface area contributed by atoms with Crippen LogP contribution in [0.25, 0.3) is 11.5 Å². The van der Waals surface area contributed by atoms with E-state index in [9.17, 15) is 0 Å². The molecule has 1 aromatic carbocycles. The number of hydrogen-bond donors (Lipinski definition) is 0. The molecule has 2 nitrogen and oxygen atoms in total. The third-order valence-electron chi connectivity index (χ3n) is 1.58. The van der Waals surface area contributed by atoms with Gasteiger partial charge in [-0.2, -0.15) is 0 Å². The van der Waals surface area contributed by atoms with Crippen molar-refractivity contribution in [2.24, 2.45) is 0 Å². The van der Waals surface area contributed by atoms with Crippen LogP contribution in [-0.2, 0) is 0 Å². The predicted molar refractivity (Wildman–Crippen MR) is 54.6 cm³/mol. The number of halogens is 2. The molecule has 13 heavy (non-hydrogen) atoms. The molecule has 0 amide bonds. The van der Waals surface area contributed by atoms with Crippen molar-refractivity contribution in [2.45, 2.75) is 0 Å². The van der Waals surface area contributed by atoms with Gasteiger partial charge in [0, 0.05) is 0 Å². The zero-order valence-corrected chi connectivity index (χ0v) is 8.84. The van der Waals surface area contributed by atoms with E-state index in [0.717, 1.165) is 5.56 Å². The first-order chi connectivity index (χ1) is 6.27. The van der Waals surface area contributed by atoms with Gasteiger partial charge in [0.2, 0.25) is 5.89 Å². The fourth-order valence-electron chi connectivity index (χ4n) is 1.01. The molecule has 0 atom stereocenters. The van der Waals surface area contributed by atoms with Crippen molar-refractivity contribution in [3.8, 4) is 11.5 Å². The highest BCUT2D eigenvalue weighted by atomic mass is 79.9. The highest BCUT2D eigenvalue weighted by Gasteiger charge is 2.07. The summed E-state index contributed by atoms with van der Waals surface area (Å²) in [5.41, 5.74) is 0.801. The molecule has 0 spiro atoms. The van der Waals surface area contributed by atoms with Gasteiger partial charge in [0.25, 0.3) is 0 Å². The van der Waals surface area contributed by atoms with Gasteiger partial charge in [-0.3, -0.25) is 0 Å². The second kappa shape index (κ2) is 3.52. The maximum Gasteiger partial charge on any atom is 0.229 e. The molecule has 0 bridgehead atoms. The number of hydrogen-bond acceptors (Lipinski definition) is 2. The molecule has 2 aromatic rings. The lowest BCUT2D eigenvalue weighted by atomic mass is 10.2. The molecular formula is C9H5BrClNO. The Bertz CT molecular complexity index is 427. The summed E-state index contributed by atoms with van der Waals surface area (Å²) in [7, 11) is 0. The van der Waals surface area contributed by atoms with Crippen LogP contribution in [0.3, 0.4) is 0 Å². The summed E-state index contributed by atoms with van der Waals surface area (Å²) in [4.78, 5) is 4.05. The van der Waals surface area contributed by atoms with E-state index in [1.165, 1.54) is 0 Å². The Morgan fingerprint density at radius 1 is 1.31 bits per heavy atom. The normalized spacial score (nSPS) is 10.3. The van der Waals surface area contributed by atoms with Gasteiger partial charge in [0.15, 0.2) is 4.67 Å². The summed E-state index contributed by atoms with van der Waals surface area (Å²) >= 11 is 9.13. The van der Waals surface area contributed by atoms with E-state index in [1.54, 1.807) is 12.3 Å².